The summed E-state index contributed by atoms with van der Waals surface area (Å²) >= 11 is 0. The number of hydrogen-bond donors (Lipinski definition) is 1. The van der Waals surface area contributed by atoms with Crippen molar-refractivity contribution in [2.24, 2.45) is 0 Å². The van der Waals surface area contributed by atoms with Gasteiger partial charge in [-0.2, -0.15) is 5.26 Å². The van der Waals surface area contributed by atoms with Crippen molar-refractivity contribution < 1.29 is 9.53 Å². The number of carbonyl (C=O) groups excluding carboxylic acids is 1. The van der Waals surface area contributed by atoms with Gasteiger partial charge in [0.2, 0.25) is 0 Å². The van der Waals surface area contributed by atoms with E-state index in [-0.39, 0.29) is 12.5 Å². The minimum absolute atomic E-state index is 0.0834. The van der Waals surface area contributed by atoms with E-state index < -0.39 is 0 Å². The van der Waals surface area contributed by atoms with Gasteiger partial charge in [-0.3, -0.25) is 4.79 Å². The van der Waals surface area contributed by atoms with Crippen LogP contribution in [0.25, 0.3) is 0 Å². The quantitative estimate of drug-likeness (QED) is 0.871. The number of nitriles is 1. The van der Waals surface area contributed by atoms with Gasteiger partial charge >= 0.3 is 0 Å². The zero-order chi connectivity index (χ0) is 15.2. The fourth-order valence-electron chi connectivity index (χ4n) is 1.75. The molecule has 0 aliphatic carbocycles. The van der Waals surface area contributed by atoms with Gasteiger partial charge < -0.3 is 15.4 Å². The summed E-state index contributed by atoms with van der Waals surface area (Å²) < 4.78 is 5.41. The molecule has 0 aliphatic heterocycles. The molecular weight excluding hydrogens is 266 g/mol. The number of carbonyl (C=O) groups is 1. The molecule has 1 amide bonds. The van der Waals surface area contributed by atoms with Crippen molar-refractivity contribution >= 4 is 17.3 Å². The maximum atomic E-state index is 12.1. The molecule has 2 aromatic rings. The molecular formula is C16H15N3O2. The molecule has 0 aliphatic rings. The highest BCUT2D eigenvalue weighted by atomic mass is 16.5. The first kappa shape index (κ1) is 14.4. The first-order valence-electron chi connectivity index (χ1n) is 6.35. The van der Waals surface area contributed by atoms with Gasteiger partial charge in [0.15, 0.2) is 6.61 Å². The topological polar surface area (TPSA) is 79.3 Å². The molecule has 2 aromatic carbocycles. The van der Waals surface area contributed by atoms with Gasteiger partial charge in [0.25, 0.3) is 5.91 Å². The third-order valence-corrected chi connectivity index (χ3v) is 2.98. The average molecular weight is 281 g/mol. The number of benzene rings is 2. The molecule has 0 saturated carbocycles. The van der Waals surface area contributed by atoms with Crippen molar-refractivity contribution in [1.29, 1.82) is 5.26 Å². The van der Waals surface area contributed by atoms with E-state index in [1.165, 1.54) is 4.90 Å². The molecule has 0 saturated heterocycles. The number of nitrogens with two attached hydrogens (primary N) is 1. The Kier molecular flexibility index (Phi) is 4.42. The van der Waals surface area contributed by atoms with Crippen LogP contribution >= 0.6 is 0 Å². The van der Waals surface area contributed by atoms with E-state index in [0.29, 0.717) is 22.7 Å². The number of nitrogen functional groups attached to an aromatic ring is 1. The van der Waals surface area contributed by atoms with Crippen LogP contribution in [-0.4, -0.2) is 19.6 Å². The standard InChI is InChI=1S/C16H15N3O2/c1-19(14-7-5-12(10-17)6-8-14)16(20)11-21-15-4-2-3-13(18)9-15/h2-9H,11,18H2,1H3. The van der Waals surface area contributed by atoms with E-state index >= 15 is 0 Å². The molecule has 5 nitrogen and oxygen atoms in total. The summed E-state index contributed by atoms with van der Waals surface area (Å²) in [6, 6.07) is 15.7. The fraction of sp³-hybridized carbons (Fsp3) is 0.125. The molecule has 0 aromatic heterocycles. The monoisotopic (exact) mass is 281 g/mol. The lowest BCUT2D eigenvalue weighted by molar-refractivity contribution is -0.120. The molecule has 0 fully saturated rings. The summed E-state index contributed by atoms with van der Waals surface area (Å²) in [5, 5.41) is 8.75. The number of nitrogens with zero attached hydrogens (tertiary/aromatic N) is 2. The predicted octanol–water partition coefficient (Wildman–Crippen LogP) is 2.18. The highest BCUT2D eigenvalue weighted by Crippen LogP contribution is 2.16. The van der Waals surface area contributed by atoms with Crippen molar-refractivity contribution in [3.05, 3.63) is 54.1 Å². The Morgan fingerprint density at radius 1 is 1.29 bits per heavy atom. The summed E-state index contributed by atoms with van der Waals surface area (Å²) in [6.45, 7) is -0.0834. The van der Waals surface area contributed by atoms with Crippen molar-refractivity contribution in [1.82, 2.24) is 0 Å². The van der Waals surface area contributed by atoms with Gasteiger partial charge in [0.05, 0.1) is 11.6 Å². The van der Waals surface area contributed by atoms with E-state index in [1.807, 2.05) is 6.07 Å². The van der Waals surface area contributed by atoms with Crippen LogP contribution in [0.5, 0.6) is 5.75 Å². The van der Waals surface area contributed by atoms with Gasteiger partial charge in [-0.25, -0.2) is 0 Å². The van der Waals surface area contributed by atoms with Crippen LogP contribution in [0.3, 0.4) is 0 Å². The molecule has 0 unspecified atom stereocenters. The minimum atomic E-state index is -0.192. The predicted molar refractivity (Wildman–Crippen MR) is 80.9 cm³/mol. The molecule has 0 heterocycles. The van der Waals surface area contributed by atoms with Gasteiger partial charge in [0.1, 0.15) is 5.75 Å². The Balaban J connectivity index is 1.97. The molecule has 0 spiro atoms. The SMILES string of the molecule is CN(C(=O)COc1cccc(N)c1)c1ccc(C#N)cc1. The second-order valence-electron chi connectivity index (χ2n) is 4.47. The van der Waals surface area contributed by atoms with Crippen LogP contribution in [0.2, 0.25) is 0 Å². The third kappa shape index (κ3) is 3.74. The lowest BCUT2D eigenvalue weighted by atomic mass is 10.2. The second kappa shape index (κ2) is 6.44. The molecule has 0 atom stereocenters. The van der Waals surface area contributed by atoms with Crippen LogP contribution in [-0.2, 0) is 4.79 Å². The number of anilines is 2. The summed E-state index contributed by atoms with van der Waals surface area (Å²) in [5.41, 5.74) is 7.48. The van der Waals surface area contributed by atoms with Crippen LogP contribution < -0.4 is 15.4 Å². The lowest BCUT2D eigenvalue weighted by Crippen LogP contribution is -2.31. The molecule has 0 radical (unpaired) electrons. The zero-order valence-corrected chi connectivity index (χ0v) is 11.6. The Hall–Kier alpha value is -3.00. The van der Waals surface area contributed by atoms with Gasteiger partial charge in [-0.15, -0.1) is 0 Å². The van der Waals surface area contributed by atoms with Gasteiger partial charge in [-0.1, -0.05) is 6.07 Å². The van der Waals surface area contributed by atoms with Gasteiger partial charge in [-0.05, 0) is 36.4 Å². The molecule has 0 bridgehead atoms. The largest absolute Gasteiger partial charge is 0.484 e. The van der Waals surface area contributed by atoms with Crippen molar-refractivity contribution in [3.63, 3.8) is 0 Å². The summed E-state index contributed by atoms with van der Waals surface area (Å²) in [5.74, 6) is 0.360. The fourth-order valence-corrected chi connectivity index (χ4v) is 1.75. The maximum Gasteiger partial charge on any atom is 0.264 e. The van der Waals surface area contributed by atoms with Crippen molar-refractivity contribution in [2.75, 3.05) is 24.3 Å². The first-order chi connectivity index (χ1) is 10.1. The molecule has 5 heteroatoms. The van der Waals surface area contributed by atoms with E-state index in [9.17, 15) is 4.79 Å². The molecule has 106 valence electrons. The molecule has 2 N–H and O–H groups in total. The van der Waals surface area contributed by atoms with Crippen LogP contribution in [0.1, 0.15) is 5.56 Å². The maximum absolute atomic E-state index is 12.1. The van der Waals surface area contributed by atoms with E-state index in [2.05, 4.69) is 0 Å². The van der Waals surface area contributed by atoms with Crippen LogP contribution in [0.15, 0.2) is 48.5 Å². The summed E-state index contributed by atoms with van der Waals surface area (Å²) in [6.07, 6.45) is 0. The third-order valence-electron chi connectivity index (χ3n) is 2.98. The van der Waals surface area contributed by atoms with E-state index in [0.717, 1.165) is 0 Å². The smallest absolute Gasteiger partial charge is 0.264 e. The molecule has 21 heavy (non-hydrogen) atoms. The van der Waals surface area contributed by atoms with Crippen molar-refractivity contribution in [3.8, 4) is 11.8 Å². The Bertz CT molecular complexity index is 675. The number of rotatable bonds is 4. The van der Waals surface area contributed by atoms with Crippen LogP contribution in [0, 0.1) is 11.3 Å². The average Bonchev–Trinajstić information content (AvgIpc) is 2.52. The Morgan fingerprint density at radius 2 is 2.00 bits per heavy atom. The molecule has 2 rings (SSSR count). The van der Waals surface area contributed by atoms with Crippen LogP contribution in [0.4, 0.5) is 11.4 Å². The number of ether oxygens (including phenoxy) is 1. The summed E-state index contributed by atoms with van der Waals surface area (Å²) in [7, 11) is 1.66. The van der Waals surface area contributed by atoms with E-state index in [4.69, 9.17) is 15.7 Å². The normalized spacial score (nSPS) is 9.71. The number of amides is 1. The minimum Gasteiger partial charge on any atom is -0.484 e. The Morgan fingerprint density at radius 3 is 2.62 bits per heavy atom. The second-order valence-corrected chi connectivity index (χ2v) is 4.47. The van der Waals surface area contributed by atoms with E-state index in [1.54, 1.807) is 55.6 Å². The number of hydrogen-bond acceptors (Lipinski definition) is 4. The highest BCUT2D eigenvalue weighted by molar-refractivity contribution is 5.93. The lowest BCUT2D eigenvalue weighted by Gasteiger charge is -2.17. The van der Waals surface area contributed by atoms with Crippen molar-refractivity contribution in [2.45, 2.75) is 0 Å². The first-order valence-corrected chi connectivity index (χ1v) is 6.35. The number of likely N-dealkylation sites (N-methyl/N-ethyl adjacent to an activating group) is 1. The summed E-state index contributed by atoms with van der Waals surface area (Å²) in [4.78, 5) is 13.5. The highest BCUT2D eigenvalue weighted by Gasteiger charge is 2.11. The Labute approximate surface area is 123 Å². The zero-order valence-electron chi connectivity index (χ0n) is 11.6. The van der Waals surface area contributed by atoms with Gasteiger partial charge in [0, 0.05) is 24.5 Å².